The van der Waals surface area contributed by atoms with Gasteiger partial charge in [0.2, 0.25) is 10.0 Å². The van der Waals surface area contributed by atoms with E-state index in [0.29, 0.717) is 22.9 Å². The molecule has 1 aliphatic heterocycles. The zero-order valence-electron chi connectivity index (χ0n) is 24.9. The van der Waals surface area contributed by atoms with E-state index < -0.39 is 27.7 Å². The summed E-state index contributed by atoms with van der Waals surface area (Å²) in [6, 6.07) is 22.4. The fraction of sp³-hybridized carbons (Fsp3) is 0.250. The summed E-state index contributed by atoms with van der Waals surface area (Å²) in [6.07, 6.45) is 4.20. The van der Waals surface area contributed by atoms with E-state index in [1.165, 1.54) is 6.07 Å². The van der Waals surface area contributed by atoms with Gasteiger partial charge in [-0.15, -0.1) is 24.8 Å². The molecule has 1 aliphatic rings. The molecule has 1 saturated heterocycles. The van der Waals surface area contributed by atoms with Crippen molar-refractivity contribution >= 4 is 52.2 Å². The molecule has 2 N–H and O–H groups in total. The van der Waals surface area contributed by atoms with E-state index in [9.17, 15) is 22.0 Å². The van der Waals surface area contributed by atoms with E-state index in [1.807, 2.05) is 36.4 Å². The van der Waals surface area contributed by atoms with Crippen LogP contribution < -0.4 is 14.8 Å². The molecule has 0 bridgehead atoms. The molecule has 14 heteroatoms. The zero-order valence-corrected chi connectivity index (χ0v) is 27.4. The molecule has 0 spiro atoms. The first-order chi connectivity index (χ1) is 21.1. The van der Waals surface area contributed by atoms with Crippen LogP contribution in [0.15, 0.2) is 91.1 Å². The molecule has 2 amide bonds. The van der Waals surface area contributed by atoms with Gasteiger partial charge in [0, 0.05) is 43.6 Å². The Balaban J connectivity index is 0.00000288. The quantitative estimate of drug-likeness (QED) is 0.184. The topological polar surface area (TPSA) is 104 Å². The lowest BCUT2D eigenvalue weighted by atomic mass is 10.0. The molecular formula is C32H35Cl2F2N5O4S. The van der Waals surface area contributed by atoms with Crippen LogP contribution in [0.3, 0.4) is 0 Å². The SMILES string of the molecule is CS(=O)(=O)Nc1ccc(Oc2ccc(CN3CCC(N(Cc4ccccn4)C(=O)Nc4ccc(F)cc4F)CC3)cc2)cc1.Cl.Cl. The van der Waals surface area contributed by atoms with E-state index in [4.69, 9.17) is 4.74 Å². The minimum Gasteiger partial charge on any atom is -0.457 e. The van der Waals surface area contributed by atoms with Crippen molar-refractivity contribution in [3.8, 4) is 11.5 Å². The average Bonchev–Trinajstić information content (AvgIpc) is 2.99. The summed E-state index contributed by atoms with van der Waals surface area (Å²) in [5.74, 6) is -0.302. The lowest BCUT2D eigenvalue weighted by Gasteiger charge is -2.38. The van der Waals surface area contributed by atoms with Gasteiger partial charge in [0.1, 0.15) is 23.1 Å². The van der Waals surface area contributed by atoms with Crippen LogP contribution in [0.5, 0.6) is 11.5 Å². The number of pyridine rings is 1. The molecule has 246 valence electrons. The van der Waals surface area contributed by atoms with Crippen LogP contribution in [-0.2, 0) is 23.1 Å². The van der Waals surface area contributed by atoms with Gasteiger partial charge in [-0.2, -0.15) is 0 Å². The van der Waals surface area contributed by atoms with Gasteiger partial charge < -0.3 is 15.0 Å². The first-order valence-electron chi connectivity index (χ1n) is 14.1. The van der Waals surface area contributed by atoms with Crippen molar-refractivity contribution in [1.82, 2.24) is 14.8 Å². The Morgan fingerprint density at radius 2 is 1.61 bits per heavy atom. The van der Waals surface area contributed by atoms with Crippen LogP contribution in [0.4, 0.5) is 25.0 Å². The predicted octanol–water partition coefficient (Wildman–Crippen LogP) is 7.07. The minimum atomic E-state index is -3.35. The molecular weight excluding hydrogens is 659 g/mol. The summed E-state index contributed by atoms with van der Waals surface area (Å²) in [4.78, 5) is 21.7. The number of nitrogens with zero attached hydrogens (tertiary/aromatic N) is 3. The largest absolute Gasteiger partial charge is 0.457 e. The van der Waals surface area contributed by atoms with Gasteiger partial charge in [0.15, 0.2) is 0 Å². The normalized spacial score (nSPS) is 13.5. The third-order valence-electron chi connectivity index (χ3n) is 7.21. The van der Waals surface area contributed by atoms with Crippen molar-refractivity contribution in [2.45, 2.75) is 32.0 Å². The third kappa shape index (κ3) is 10.5. The molecule has 2 heterocycles. The summed E-state index contributed by atoms with van der Waals surface area (Å²) >= 11 is 0. The highest BCUT2D eigenvalue weighted by atomic mass is 35.5. The Morgan fingerprint density at radius 1 is 0.957 bits per heavy atom. The summed E-state index contributed by atoms with van der Waals surface area (Å²) in [6.45, 7) is 2.51. The smallest absolute Gasteiger partial charge is 0.322 e. The molecule has 3 aromatic carbocycles. The summed E-state index contributed by atoms with van der Waals surface area (Å²) in [5, 5.41) is 2.61. The Kier molecular flexibility index (Phi) is 13.1. The van der Waals surface area contributed by atoms with Gasteiger partial charge in [-0.05, 0) is 79.1 Å². The number of nitrogens with one attached hydrogen (secondary N) is 2. The number of ether oxygens (including phenoxy) is 1. The number of carbonyl (C=O) groups excluding carboxylic acids is 1. The Morgan fingerprint density at radius 3 is 2.20 bits per heavy atom. The number of rotatable bonds is 10. The first-order valence-corrected chi connectivity index (χ1v) is 16.0. The highest BCUT2D eigenvalue weighted by Gasteiger charge is 2.29. The third-order valence-corrected chi connectivity index (χ3v) is 7.82. The van der Waals surface area contributed by atoms with Crippen molar-refractivity contribution < 1.29 is 26.7 Å². The van der Waals surface area contributed by atoms with Crippen LogP contribution in [0.25, 0.3) is 0 Å². The lowest BCUT2D eigenvalue weighted by Crippen LogP contribution is -2.48. The molecule has 1 fully saturated rings. The zero-order chi connectivity index (χ0) is 31.1. The van der Waals surface area contributed by atoms with Crippen LogP contribution >= 0.6 is 24.8 Å². The van der Waals surface area contributed by atoms with Gasteiger partial charge in [-0.25, -0.2) is 22.0 Å². The number of likely N-dealkylation sites (tertiary alicyclic amines) is 1. The number of benzene rings is 3. The van der Waals surface area contributed by atoms with Crippen molar-refractivity contribution in [3.63, 3.8) is 0 Å². The number of aromatic nitrogens is 1. The van der Waals surface area contributed by atoms with Gasteiger partial charge in [-0.3, -0.25) is 14.6 Å². The predicted molar refractivity (Wildman–Crippen MR) is 179 cm³/mol. The Labute approximate surface area is 279 Å². The van der Waals surface area contributed by atoms with Crippen LogP contribution in [-0.4, -0.2) is 54.6 Å². The number of anilines is 2. The molecule has 0 radical (unpaired) electrons. The second-order valence-corrected chi connectivity index (χ2v) is 12.4. The van der Waals surface area contributed by atoms with Crippen molar-refractivity contribution in [1.29, 1.82) is 0 Å². The maximum atomic E-state index is 14.3. The van der Waals surface area contributed by atoms with E-state index in [-0.39, 0.29) is 43.1 Å². The lowest BCUT2D eigenvalue weighted by molar-refractivity contribution is 0.119. The second-order valence-electron chi connectivity index (χ2n) is 10.7. The molecule has 5 rings (SSSR count). The summed E-state index contributed by atoms with van der Waals surface area (Å²) in [5.41, 5.74) is 2.21. The van der Waals surface area contributed by atoms with Crippen LogP contribution in [0, 0.1) is 11.6 Å². The number of urea groups is 1. The maximum absolute atomic E-state index is 14.3. The highest BCUT2D eigenvalue weighted by Crippen LogP contribution is 2.26. The van der Waals surface area contributed by atoms with Crippen molar-refractivity contribution in [2.75, 3.05) is 29.4 Å². The van der Waals surface area contributed by atoms with E-state index >= 15 is 0 Å². The summed E-state index contributed by atoms with van der Waals surface area (Å²) in [7, 11) is -3.35. The first kappa shape index (κ1) is 36.5. The molecule has 0 aliphatic carbocycles. The number of hydrogen-bond donors (Lipinski definition) is 2. The molecule has 4 aromatic rings. The standard InChI is InChI=1S/C32H33F2N5O4S.2ClH/c1-44(41,42)37-25-8-12-29(13-9-25)43-28-10-5-23(6-11-28)21-38-18-15-27(16-19-38)39(22-26-4-2-3-17-35-26)32(40)36-31-14-7-24(33)20-30(31)34;;/h2-14,17,20,27,37H,15-16,18-19,21-22H2,1H3,(H,36,40);2*1H. The summed E-state index contributed by atoms with van der Waals surface area (Å²) < 4.78 is 58.7. The fourth-order valence-electron chi connectivity index (χ4n) is 5.06. The fourth-order valence-corrected chi connectivity index (χ4v) is 5.63. The maximum Gasteiger partial charge on any atom is 0.322 e. The minimum absolute atomic E-state index is 0. The number of hydrogen-bond acceptors (Lipinski definition) is 6. The Hall–Kier alpha value is -3.97. The van der Waals surface area contributed by atoms with Crippen molar-refractivity contribution in [3.05, 3.63) is 114 Å². The van der Waals surface area contributed by atoms with Gasteiger partial charge in [-0.1, -0.05) is 18.2 Å². The molecule has 46 heavy (non-hydrogen) atoms. The second kappa shape index (κ2) is 16.5. The van der Waals surface area contributed by atoms with Gasteiger partial charge in [0.05, 0.1) is 24.2 Å². The van der Waals surface area contributed by atoms with Crippen LogP contribution in [0.2, 0.25) is 0 Å². The van der Waals surface area contributed by atoms with Crippen molar-refractivity contribution in [2.24, 2.45) is 0 Å². The molecule has 1 aromatic heterocycles. The van der Waals surface area contributed by atoms with Gasteiger partial charge >= 0.3 is 6.03 Å². The number of carbonyl (C=O) groups is 1. The molecule has 0 unspecified atom stereocenters. The van der Waals surface area contributed by atoms with E-state index in [2.05, 4.69) is 19.9 Å². The Bertz CT molecular complexity index is 1680. The van der Waals surface area contributed by atoms with Crippen LogP contribution in [0.1, 0.15) is 24.1 Å². The highest BCUT2D eigenvalue weighted by molar-refractivity contribution is 7.92. The molecule has 0 atom stereocenters. The van der Waals surface area contributed by atoms with E-state index in [1.54, 1.807) is 41.4 Å². The molecule has 9 nitrogen and oxygen atoms in total. The van der Waals surface area contributed by atoms with E-state index in [0.717, 1.165) is 56.4 Å². The molecule has 0 saturated carbocycles. The number of sulfonamides is 1. The number of amides is 2. The number of piperidine rings is 1. The number of halogens is 4. The average molecular weight is 695 g/mol. The van der Waals surface area contributed by atoms with Gasteiger partial charge in [0.25, 0.3) is 0 Å². The monoisotopic (exact) mass is 693 g/mol.